The highest BCUT2D eigenvalue weighted by molar-refractivity contribution is 6.16. The third kappa shape index (κ3) is 5.54. The summed E-state index contributed by atoms with van der Waals surface area (Å²) in [5, 5.41) is 0. The van der Waals surface area contributed by atoms with Crippen LogP contribution in [0.5, 0.6) is 23.0 Å². The molecule has 0 unspecified atom stereocenters. The molecular formula is C30H30N2O6. The monoisotopic (exact) mass is 514 g/mol. The molecule has 196 valence electrons. The zero-order chi connectivity index (χ0) is 27.2. The summed E-state index contributed by atoms with van der Waals surface area (Å²) in [5.41, 5.74) is 3.57. The highest BCUT2D eigenvalue weighted by Gasteiger charge is 2.31. The molecule has 8 heteroatoms. The van der Waals surface area contributed by atoms with Crippen LogP contribution in [0, 0.1) is 6.92 Å². The van der Waals surface area contributed by atoms with Crippen LogP contribution in [0.2, 0.25) is 0 Å². The predicted molar refractivity (Wildman–Crippen MR) is 145 cm³/mol. The van der Waals surface area contributed by atoms with E-state index in [4.69, 9.17) is 18.9 Å². The van der Waals surface area contributed by atoms with E-state index >= 15 is 0 Å². The zero-order valence-corrected chi connectivity index (χ0v) is 22.1. The van der Waals surface area contributed by atoms with Gasteiger partial charge >= 0.3 is 0 Å². The van der Waals surface area contributed by atoms with Gasteiger partial charge in [-0.3, -0.25) is 14.6 Å². The lowest BCUT2D eigenvalue weighted by molar-refractivity contribution is -0.113. The van der Waals surface area contributed by atoms with Gasteiger partial charge in [0.05, 0.1) is 41.5 Å². The molecule has 4 rings (SSSR count). The van der Waals surface area contributed by atoms with Crippen molar-refractivity contribution in [3.8, 4) is 23.0 Å². The summed E-state index contributed by atoms with van der Waals surface area (Å²) in [6.45, 7) is 2.13. The minimum Gasteiger partial charge on any atom is -0.493 e. The van der Waals surface area contributed by atoms with Crippen molar-refractivity contribution in [1.82, 2.24) is 9.88 Å². The van der Waals surface area contributed by atoms with Gasteiger partial charge in [-0.05, 0) is 66.1 Å². The highest BCUT2D eigenvalue weighted by Crippen LogP contribution is 2.31. The van der Waals surface area contributed by atoms with Crippen molar-refractivity contribution in [2.75, 3.05) is 41.5 Å². The second kappa shape index (κ2) is 11.6. The number of rotatable bonds is 7. The van der Waals surface area contributed by atoms with Crippen LogP contribution in [0.1, 0.15) is 27.2 Å². The predicted octanol–water partition coefficient (Wildman–Crippen LogP) is 4.62. The highest BCUT2D eigenvalue weighted by atomic mass is 16.5. The Morgan fingerprint density at radius 2 is 1.29 bits per heavy atom. The Balaban J connectivity index is 1.77. The number of carbonyl (C=O) groups is 2. The first-order chi connectivity index (χ1) is 18.4. The number of hydrogen-bond acceptors (Lipinski definition) is 7. The smallest absolute Gasteiger partial charge is 0.273 e. The van der Waals surface area contributed by atoms with Gasteiger partial charge in [0.25, 0.3) is 5.91 Å². The first kappa shape index (κ1) is 26.5. The molecule has 0 spiro atoms. The molecule has 3 aromatic rings. The van der Waals surface area contributed by atoms with Gasteiger partial charge in [0, 0.05) is 17.3 Å². The maximum atomic E-state index is 13.7. The summed E-state index contributed by atoms with van der Waals surface area (Å²) < 4.78 is 21.5. The van der Waals surface area contributed by atoms with Gasteiger partial charge in [-0.2, -0.15) is 0 Å². The van der Waals surface area contributed by atoms with Crippen LogP contribution >= 0.6 is 0 Å². The van der Waals surface area contributed by atoms with E-state index in [9.17, 15) is 9.59 Å². The largest absolute Gasteiger partial charge is 0.493 e. The van der Waals surface area contributed by atoms with Crippen LogP contribution in [0.15, 0.2) is 65.9 Å². The van der Waals surface area contributed by atoms with E-state index in [0.29, 0.717) is 39.8 Å². The number of pyridine rings is 1. The Morgan fingerprint density at radius 3 is 1.74 bits per heavy atom. The molecule has 38 heavy (non-hydrogen) atoms. The van der Waals surface area contributed by atoms with Crippen LogP contribution < -0.4 is 18.9 Å². The van der Waals surface area contributed by atoms with Crippen LogP contribution in [-0.4, -0.2) is 63.1 Å². The summed E-state index contributed by atoms with van der Waals surface area (Å²) in [6.07, 6.45) is 5.14. The number of aryl methyl sites for hydroxylation is 1. The molecule has 2 heterocycles. The Hall–Kier alpha value is -4.59. The number of ether oxygens (including phenoxy) is 4. The van der Waals surface area contributed by atoms with Gasteiger partial charge in [0.15, 0.2) is 28.8 Å². The lowest BCUT2D eigenvalue weighted by atomic mass is 9.93. The van der Waals surface area contributed by atoms with E-state index in [1.54, 1.807) is 82.0 Å². The van der Waals surface area contributed by atoms with E-state index in [1.165, 1.54) is 0 Å². The first-order valence-electron chi connectivity index (χ1n) is 12.0. The van der Waals surface area contributed by atoms with Gasteiger partial charge < -0.3 is 23.8 Å². The van der Waals surface area contributed by atoms with Crippen LogP contribution in [0.4, 0.5) is 0 Å². The second-order valence-electron chi connectivity index (χ2n) is 8.73. The van der Waals surface area contributed by atoms with E-state index in [2.05, 4.69) is 4.98 Å². The van der Waals surface area contributed by atoms with Crippen LogP contribution in [-0.2, 0) is 4.79 Å². The lowest BCUT2D eigenvalue weighted by Crippen LogP contribution is -2.42. The zero-order valence-electron chi connectivity index (χ0n) is 22.1. The van der Waals surface area contributed by atoms with Crippen molar-refractivity contribution in [3.63, 3.8) is 0 Å². The van der Waals surface area contributed by atoms with Crippen molar-refractivity contribution in [3.05, 3.63) is 88.3 Å². The lowest BCUT2D eigenvalue weighted by Gasteiger charge is -2.30. The van der Waals surface area contributed by atoms with Gasteiger partial charge in [-0.15, -0.1) is 0 Å². The average molecular weight is 515 g/mol. The first-order valence-corrected chi connectivity index (χ1v) is 12.0. The number of hydrogen-bond donors (Lipinski definition) is 0. The Bertz CT molecular complexity index is 1350. The molecule has 1 saturated heterocycles. The maximum absolute atomic E-state index is 13.7. The minimum absolute atomic E-state index is 0.142. The molecule has 0 N–H and O–H groups in total. The number of amides is 1. The summed E-state index contributed by atoms with van der Waals surface area (Å²) >= 11 is 0. The molecule has 1 aliphatic heterocycles. The molecule has 1 amide bonds. The Kier molecular flexibility index (Phi) is 8.11. The molecule has 0 aliphatic carbocycles. The molecular weight excluding hydrogens is 484 g/mol. The van der Waals surface area contributed by atoms with Gasteiger partial charge in [0.2, 0.25) is 0 Å². The number of piperidine rings is 1. The van der Waals surface area contributed by atoms with Crippen LogP contribution in [0.25, 0.3) is 12.2 Å². The maximum Gasteiger partial charge on any atom is 0.273 e. The topological polar surface area (TPSA) is 87.2 Å². The fraction of sp³-hybridized carbons (Fsp3) is 0.233. The quantitative estimate of drug-likeness (QED) is 0.425. The van der Waals surface area contributed by atoms with Crippen LogP contribution in [0.3, 0.4) is 0 Å². The number of benzene rings is 2. The normalized spacial score (nSPS) is 15.5. The molecule has 0 saturated carbocycles. The Morgan fingerprint density at radius 1 is 0.789 bits per heavy atom. The number of aromatic nitrogens is 1. The molecule has 1 aliphatic rings. The van der Waals surface area contributed by atoms with E-state index < -0.39 is 0 Å². The van der Waals surface area contributed by atoms with E-state index in [-0.39, 0.29) is 24.8 Å². The standard InChI is InChI=1S/C30H30N2O6/c1-19-7-6-12-31-28(19)30(34)32-17-22(13-20-8-10-24(35-2)26(15-20)37-4)29(33)23(18-32)14-21-9-11-25(36-3)27(16-21)38-5/h6-16H,17-18H2,1-5H3. The fourth-order valence-corrected chi connectivity index (χ4v) is 4.33. The van der Waals surface area contributed by atoms with Crippen molar-refractivity contribution in [2.45, 2.75) is 6.92 Å². The van der Waals surface area contributed by atoms with E-state index in [0.717, 1.165) is 16.7 Å². The minimum atomic E-state index is -0.243. The number of nitrogens with zero attached hydrogens (tertiary/aromatic N) is 2. The Labute approximate surface area is 222 Å². The number of likely N-dealkylation sites (tertiary alicyclic amines) is 1. The summed E-state index contributed by atoms with van der Waals surface area (Å²) in [4.78, 5) is 33.1. The molecule has 0 radical (unpaired) electrons. The van der Waals surface area contributed by atoms with Gasteiger partial charge in [0.1, 0.15) is 5.69 Å². The third-order valence-corrected chi connectivity index (χ3v) is 6.30. The van der Waals surface area contributed by atoms with Gasteiger partial charge in [-0.25, -0.2) is 0 Å². The van der Waals surface area contributed by atoms with Crippen molar-refractivity contribution >= 4 is 23.8 Å². The second-order valence-corrected chi connectivity index (χ2v) is 8.73. The molecule has 8 nitrogen and oxygen atoms in total. The number of methoxy groups -OCH3 is 4. The SMILES string of the molecule is COc1ccc(C=C2CN(C(=O)c3ncccc3C)CC(=Cc3ccc(OC)c(OC)c3)C2=O)cc1OC. The van der Waals surface area contributed by atoms with Crippen molar-refractivity contribution < 1.29 is 28.5 Å². The molecule has 1 aromatic heterocycles. The fourth-order valence-electron chi connectivity index (χ4n) is 4.33. The summed E-state index contributed by atoms with van der Waals surface area (Å²) in [7, 11) is 6.24. The van der Waals surface area contributed by atoms with Crippen molar-refractivity contribution in [2.24, 2.45) is 0 Å². The molecule has 2 aromatic carbocycles. The van der Waals surface area contributed by atoms with E-state index in [1.807, 2.05) is 25.1 Å². The number of Topliss-reactive ketones (excluding diaryl/α,β-unsaturated/α-hetero) is 1. The molecule has 0 bridgehead atoms. The average Bonchev–Trinajstić information content (AvgIpc) is 2.94. The number of ketones is 1. The van der Waals surface area contributed by atoms with Crippen molar-refractivity contribution in [1.29, 1.82) is 0 Å². The number of carbonyl (C=O) groups excluding carboxylic acids is 2. The summed E-state index contributed by atoms with van der Waals surface area (Å²) in [5.74, 6) is 1.87. The summed E-state index contributed by atoms with van der Waals surface area (Å²) in [6, 6.07) is 14.4. The molecule has 0 atom stereocenters. The third-order valence-electron chi connectivity index (χ3n) is 6.30. The molecule has 1 fully saturated rings. The van der Waals surface area contributed by atoms with Gasteiger partial charge in [-0.1, -0.05) is 18.2 Å².